The van der Waals surface area contributed by atoms with E-state index in [1.807, 2.05) is 12.1 Å². The predicted molar refractivity (Wildman–Crippen MR) is 122 cm³/mol. The van der Waals surface area contributed by atoms with Crippen molar-refractivity contribution in [3.8, 4) is 11.4 Å². The molecule has 0 bridgehead atoms. The molecule has 0 radical (unpaired) electrons. The van der Waals surface area contributed by atoms with E-state index < -0.39 is 5.97 Å². The van der Waals surface area contributed by atoms with Crippen LogP contribution in [0, 0.1) is 0 Å². The molecule has 2 aromatic heterocycles. The molecular formula is C21H22N6O2S2. The minimum absolute atomic E-state index is 0.0634. The Hall–Kier alpha value is -2.85. The van der Waals surface area contributed by atoms with Crippen LogP contribution >= 0.6 is 23.3 Å². The molecule has 31 heavy (non-hydrogen) atoms. The molecular weight excluding hydrogens is 432 g/mol. The van der Waals surface area contributed by atoms with Crippen LogP contribution < -0.4 is 0 Å². The van der Waals surface area contributed by atoms with Gasteiger partial charge < -0.3 is 4.74 Å². The first-order valence-corrected chi connectivity index (χ1v) is 11.6. The van der Waals surface area contributed by atoms with Crippen LogP contribution in [-0.2, 0) is 14.9 Å². The minimum atomic E-state index is -0.442. The Kier molecular flexibility index (Phi) is 6.01. The van der Waals surface area contributed by atoms with Crippen LogP contribution in [0.5, 0.6) is 0 Å². The Morgan fingerprint density at radius 2 is 1.97 bits per heavy atom. The number of esters is 1. The van der Waals surface area contributed by atoms with Crippen molar-refractivity contribution in [1.82, 2.24) is 24.5 Å². The second-order valence-corrected chi connectivity index (χ2v) is 9.44. The highest BCUT2D eigenvalue weighted by Gasteiger charge is 2.26. The monoisotopic (exact) mass is 454 g/mol. The molecule has 1 aromatic carbocycles. The van der Waals surface area contributed by atoms with Crippen molar-refractivity contribution in [2.45, 2.75) is 38.3 Å². The van der Waals surface area contributed by atoms with Crippen molar-refractivity contribution in [1.29, 1.82) is 0 Å². The number of carbonyl (C=O) groups excluding carboxylic acids is 1. The summed E-state index contributed by atoms with van der Waals surface area (Å²) < 4.78 is 10.8. The lowest BCUT2D eigenvalue weighted by Crippen LogP contribution is -2.22. The average molecular weight is 455 g/mol. The average Bonchev–Trinajstić information content (AvgIpc) is 3.41. The van der Waals surface area contributed by atoms with Gasteiger partial charge in [0.05, 0.1) is 23.6 Å². The number of rotatable bonds is 5. The Labute approximate surface area is 188 Å². The van der Waals surface area contributed by atoms with Gasteiger partial charge in [0.25, 0.3) is 0 Å². The van der Waals surface area contributed by atoms with Crippen LogP contribution in [-0.4, -0.2) is 48.5 Å². The summed E-state index contributed by atoms with van der Waals surface area (Å²) in [5.74, 6) is 0.657. The summed E-state index contributed by atoms with van der Waals surface area (Å²) in [6, 6.07) is 8.23. The topological polar surface area (TPSA) is 95.2 Å². The maximum Gasteiger partial charge on any atom is 0.340 e. The molecule has 0 fully saturated rings. The molecule has 10 heteroatoms. The van der Waals surface area contributed by atoms with E-state index in [1.165, 1.54) is 28.9 Å². The molecule has 160 valence electrons. The highest BCUT2D eigenvalue weighted by atomic mass is 32.2. The number of hydrogen-bond acceptors (Lipinski definition) is 9. The van der Waals surface area contributed by atoms with Crippen molar-refractivity contribution in [2.75, 3.05) is 12.4 Å². The molecule has 0 saturated heterocycles. The fourth-order valence-electron chi connectivity index (χ4n) is 3.01. The van der Waals surface area contributed by atoms with E-state index in [0.29, 0.717) is 33.7 Å². The van der Waals surface area contributed by atoms with Crippen LogP contribution in [0.25, 0.3) is 17.5 Å². The van der Waals surface area contributed by atoms with Crippen LogP contribution in [0.3, 0.4) is 0 Å². The van der Waals surface area contributed by atoms with Crippen LogP contribution in [0.4, 0.5) is 0 Å². The van der Waals surface area contributed by atoms with Gasteiger partial charge in [0, 0.05) is 16.7 Å². The standard InChI is InChI=1S/C21H22N6O2S2/c1-5-29-19(28)16(10-15-11-31-26-22-15)17-12-30-20-24-23-18(27(20)25-17)13-6-8-14(9-7-13)21(2,3)4/h6-11H,5,12H2,1-4H3/b16-10-. The zero-order valence-corrected chi connectivity index (χ0v) is 19.3. The van der Waals surface area contributed by atoms with E-state index in [1.54, 1.807) is 23.1 Å². The number of ether oxygens (including phenoxy) is 1. The SMILES string of the molecule is CCOC(=O)/C(=C\c1csnn1)C1=Nn2c(nnc2-c2ccc(C(C)(C)C)cc2)SC1. The zero-order valence-electron chi connectivity index (χ0n) is 17.7. The largest absolute Gasteiger partial charge is 0.462 e. The molecule has 0 aliphatic carbocycles. The van der Waals surface area contributed by atoms with Gasteiger partial charge in [0.2, 0.25) is 5.16 Å². The van der Waals surface area contributed by atoms with Crippen molar-refractivity contribution in [2.24, 2.45) is 5.10 Å². The highest BCUT2D eigenvalue weighted by molar-refractivity contribution is 7.99. The second-order valence-electron chi connectivity index (χ2n) is 7.89. The molecule has 1 aliphatic rings. The molecule has 3 aromatic rings. The number of benzene rings is 1. The Bertz CT molecular complexity index is 1140. The number of carbonyl (C=O) groups is 1. The molecule has 0 unspecified atom stereocenters. The lowest BCUT2D eigenvalue weighted by molar-refractivity contribution is -0.137. The molecule has 0 spiro atoms. The summed E-state index contributed by atoms with van der Waals surface area (Å²) >= 11 is 2.69. The summed E-state index contributed by atoms with van der Waals surface area (Å²) in [7, 11) is 0. The third kappa shape index (κ3) is 4.59. The Morgan fingerprint density at radius 3 is 2.61 bits per heavy atom. The Balaban J connectivity index is 1.73. The van der Waals surface area contributed by atoms with Crippen LogP contribution in [0.15, 0.2) is 45.5 Å². The molecule has 8 nitrogen and oxygen atoms in total. The highest BCUT2D eigenvalue weighted by Crippen LogP contribution is 2.30. The van der Waals surface area contributed by atoms with Gasteiger partial charge in [0.15, 0.2) is 5.82 Å². The maximum atomic E-state index is 12.6. The first kappa shape index (κ1) is 21.4. The fourth-order valence-corrected chi connectivity index (χ4v) is 4.25. The molecule has 4 rings (SSSR count). The quantitative estimate of drug-likeness (QED) is 0.424. The molecule has 0 atom stereocenters. The zero-order chi connectivity index (χ0) is 22.0. The normalized spacial score (nSPS) is 14.2. The first-order chi connectivity index (χ1) is 14.9. The van der Waals surface area contributed by atoms with Crippen molar-refractivity contribution >= 4 is 41.1 Å². The molecule has 0 N–H and O–H groups in total. The van der Waals surface area contributed by atoms with Gasteiger partial charge in [-0.1, -0.05) is 61.3 Å². The van der Waals surface area contributed by atoms with E-state index in [2.05, 4.69) is 52.7 Å². The van der Waals surface area contributed by atoms with Crippen molar-refractivity contribution in [3.63, 3.8) is 0 Å². The van der Waals surface area contributed by atoms with E-state index in [0.717, 1.165) is 5.56 Å². The minimum Gasteiger partial charge on any atom is -0.462 e. The smallest absolute Gasteiger partial charge is 0.340 e. The number of nitrogens with zero attached hydrogens (tertiary/aromatic N) is 6. The van der Waals surface area contributed by atoms with Crippen LogP contribution in [0.2, 0.25) is 0 Å². The summed E-state index contributed by atoms with van der Waals surface area (Å²) in [6.45, 7) is 8.57. The van der Waals surface area contributed by atoms with Crippen molar-refractivity contribution in [3.05, 3.63) is 46.5 Å². The third-order valence-corrected chi connectivity index (χ3v) is 6.11. The first-order valence-electron chi connectivity index (χ1n) is 9.80. The fraction of sp³-hybridized carbons (Fsp3) is 0.333. The van der Waals surface area contributed by atoms with E-state index in [-0.39, 0.29) is 12.0 Å². The van der Waals surface area contributed by atoms with Crippen LogP contribution in [0.1, 0.15) is 39.0 Å². The molecule has 3 heterocycles. The summed E-state index contributed by atoms with van der Waals surface area (Å²) in [5, 5.41) is 19.8. The van der Waals surface area contributed by atoms with Crippen molar-refractivity contribution < 1.29 is 9.53 Å². The molecule has 0 amide bonds. The van der Waals surface area contributed by atoms with E-state index >= 15 is 0 Å². The van der Waals surface area contributed by atoms with Gasteiger partial charge in [0.1, 0.15) is 0 Å². The van der Waals surface area contributed by atoms with Gasteiger partial charge >= 0.3 is 5.97 Å². The predicted octanol–water partition coefficient (Wildman–Crippen LogP) is 4.05. The lowest BCUT2D eigenvalue weighted by Gasteiger charge is -2.19. The summed E-state index contributed by atoms with van der Waals surface area (Å²) in [4.78, 5) is 12.6. The van der Waals surface area contributed by atoms with Gasteiger partial charge in [-0.05, 0) is 35.5 Å². The van der Waals surface area contributed by atoms with Gasteiger partial charge in [-0.25, -0.2) is 4.79 Å². The van der Waals surface area contributed by atoms with E-state index in [9.17, 15) is 4.79 Å². The van der Waals surface area contributed by atoms with Gasteiger partial charge in [-0.3, -0.25) is 0 Å². The lowest BCUT2D eigenvalue weighted by atomic mass is 9.87. The Morgan fingerprint density at radius 1 is 1.19 bits per heavy atom. The number of hydrogen-bond donors (Lipinski definition) is 0. The number of fused-ring (bicyclic) bond motifs is 1. The molecule has 1 aliphatic heterocycles. The summed E-state index contributed by atoms with van der Waals surface area (Å²) in [6.07, 6.45) is 1.66. The van der Waals surface area contributed by atoms with Gasteiger partial charge in [-0.15, -0.1) is 15.3 Å². The van der Waals surface area contributed by atoms with E-state index in [4.69, 9.17) is 9.84 Å². The second kappa shape index (κ2) is 8.72. The summed E-state index contributed by atoms with van der Waals surface area (Å²) in [5.41, 5.74) is 3.73. The third-order valence-electron chi connectivity index (χ3n) is 4.66. The number of aromatic nitrogens is 5. The number of thioether (sulfide) groups is 1. The maximum absolute atomic E-state index is 12.6. The van der Waals surface area contributed by atoms with Gasteiger partial charge in [-0.2, -0.15) is 9.78 Å². The molecule has 0 saturated carbocycles.